The first-order valence-corrected chi connectivity index (χ1v) is 12.4. The molecule has 168 valence electrons. The third-order valence-electron chi connectivity index (χ3n) is 5.42. The molecule has 0 aliphatic carbocycles. The van der Waals surface area contributed by atoms with Gasteiger partial charge in [-0.3, -0.25) is 4.79 Å². The number of carbonyl (C=O) groups excluding carboxylic acids is 1. The van der Waals surface area contributed by atoms with Gasteiger partial charge in [-0.2, -0.15) is 4.31 Å². The largest absolute Gasteiger partial charge is 0.317 e. The van der Waals surface area contributed by atoms with Crippen molar-refractivity contribution in [3.63, 3.8) is 0 Å². The zero-order valence-corrected chi connectivity index (χ0v) is 19.6. The van der Waals surface area contributed by atoms with Gasteiger partial charge in [0.2, 0.25) is 15.0 Å². The Balaban J connectivity index is 1.60. The maximum Gasteiger partial charge on any atom is 0.286 e. The molecular weight excluding hydrogens is 451 g/mol. The van der Waals surface area contributed by atoms with Crippen molar-refractivity contribution in [3.8, 4) is 0 Å². The second-order valence-corrected chi connectivity index (χ2v) is 10.7. The van der Waals surface area contributed by atoms with Crippen LogP contribution in [0.25, 0.3) is 0 Å². The van der Waals surface area contributed by atoms with E-state index in [0.29, 0.717) is 40.4 Å². The van der Waals surface area contributed by atoms with E-state index < -0.39 is 27.8 Å². The zero-order chi connectivity index (χ0) is 23.0. The molecule has 2 heterocycles. The highest BCUT2D eigenvalue weighted by Crippen LogP contribution is 2.39. The third-order valence-corrected chi connectivity index (χ3v) is 8.65. The molecule has 32 heavy (non-hydrogen) atoms. The molecule has 0 radical (unpaired) electrons. The highest BCUT2D eigenvalue weighted by molar-refractivity contribution is 7.89. The molecule has 7 nitrogen and oxygen atoms in total. The average molecular weight is 475 g/mol. The Hall–Kier alpha value is -2.69. The minimum absolute atomic E-state index is 0.0460. The number of para-hydroxylation sites is 1. The number of hydrogen-bond donors (Lipinski definition) is 1. The van der Waals surface area contributed by atoms with Gasteiger partial charge in [0.05, 0.1) is 16.6 Å². The Morgan fingerprint density at radius 2 is 1.84 bits per heavy atom. The molecule has 1 amide bonds. The lowest BCUT2D eigenvalue weighted by molar-refractivity contribution is 0.102. The normalized spacial score (nSPS) is 16.9. The Morgan fingerprint density at radius 3 is 2.53 bits per heavy atom. The van der Waals surface area contributed by atoms with Crippen LogP contribution in [0.4, 0.5) is 10.1 Å². The van der Waals surface area contributed by atoms with Crippen molar-refractivity contribution in [1.29, 1.82) is 0 Å². The Labute approximate surface area is 190 Å². The molecule has 1 saturated heterocycles. The Morgan fingerprint density at radius 1 is 1.16 bits per heavy atom. The molecule has 4 rings (SSSR count). The molecule has 1 atom stereocenters. The molecule has 1 N–H and O–H groups in total. The van der Waals surface area contributed by atoms with E-state index in [1.54, 1.807) is 19.9 Å². The lowest BCUT2D eigenvalue weighted by atomic mass is 10.1. The molecule has 10 heteroatoms. The van der Waals surface area contributed by atoms with Crippen molar-refractivity contribution < 1.29 is 17.6 Å². The lowest BCUT2D eigenvalue weighted by Crippen LogP contribution is -2.31. The first-order valence-electron chi connectivity index (χ1n) is 10.2. The van der Waals surface area contributed by atoms with Crippen molar-refractivity contribution in [3.05, 3.63) is 68.9 Å². The number of carbonyl (C=O) groups is 1. The molecule has 0 spiro atoms. The maximum absolute atomic E-state index is 13.8. The van der Waals surface area contributed by atoms with Gasteiger partial charge in [-0.15, -0.1) is 10.2 Å². The van der Waals surface area contributed by atoms with Crippen molar-refractivity contribution in [2.24, 2.45) is 0 Å². The van der Waals surface area contributed by atoms with E-state index in [2.05, 4.69) is 15.5 Å². The van der Waals surface area contributed by atoms with E-state index >= 15 is 0 Å². The van der Waals surface area contributed by atoms with Crippen LogP contribution in [0.3, 0.4) is 0 Å². The number of sulfonamides is 1. The van der Waals surface area contributed by atoms with Crippen LogP contribution in [0.15, 0.2) is 41.3 Å². The smallest absolute Gasteiger partial charge is 0.286 e. The van der Waals surface area contributed by atoms with Crippen molar-refractivity contribution in [1.82, 2.24) is 14.5 Å². The fraction of sp³-hybridized carbons (Fsp3) is 0.318. The topological polar surface area (TPSA) is 92.3 Å². The van der Waals surface area contributed by atoms with Crippen LogP contribution in [-0.4, -0.2) is 35.4 Å². The predicted molar refractivity (Wildman–Crippen MR) is 121 cm³/mol. The molecule has 1 aliphatic rings. The molecule has 0 unspecified atom stereocenters. The summed E-state index contributed by atoms with van der Waals surface area (Å²) in [4.78, 5) is 12.8. The molecule has 1 aromatic heterocycles. The van der Waals surface area contributed by atoms with E-state index in [-0.39, 0.29) is 10.7 Å². The number of aryl methyl sites for hydroxylation is 3. The van der Waals surface area contributed by atoms with E-state index in [0.717, 1.165) is 16.9 Å². The number of hydrogen-bond acceptors (Lipinski definition) is 6. The number of benzene rings is 2. The minimum Gasteiger partial charge on any atom is -0.317 e. The first kappa shape index (κ1) is 22.5. The van der Waals surface area contributed by atoms with Crippen LogP contribution in [0, 0.1) is 26.6 Å². The number of rotatable bonds is 5. The number of amides is 1. The van der Waals surface area contributed by atoms with Gasteiger partial charge in [0.15, 0.2) is 0 Å². The third kappa shape index (κ3) is 4.17. The van der Waals surface area contributed by atoms with Crippen LogP contribution in [-0.2, 0) is 10.0 Å². The fourth-order valence-electron chi connectivity index (χ4n) is 4.16. The van der Waals surface area contributed by atoms with Gasteiger partial charge in [0, 0.05) is 6.54 Å². The summed E-state index contributed by atoms with van der Waals surface area (Å²) in [6.07, 6.45) is 1.27. The van der Waals surface area contributed by atoms with Gasteiger partial charge in [0.25, 0.3) is 5.91 Å². The van der Waals surface area contributed by atoms with Gasteiger partial charge in [-0.1, -0.05) is 41.2 Å². The quantitative estimate of drug-likeness (QED) is 0.592. The van der Waals surface area contributed by atoms with Gasteiger partial charge in [-0.25, -0.2) is 12.8 Å². The highest BCUT2D eigenvalue weighted by atomic mass is 32.2. The second-order valence-electron chi connectivity index (χ2n) is 7.88. The molecule has 2 aromatic carbocycles. The monoisotopic (exact) mass is 474 g/mol. The molecular formula is C22H23FN4O3S2. The van der Waals surface area contributed by atoms with Crippen LogP contribution in [0.2, 0.25) is 0 Å². The van der Waals surface area contributed by atoms with Crippen molar-refractivity contribution in [2.45, 2.75) is 44.6 Å². The Bertz CT molecular complexity index is 1270. The predicted octanol–water partition coefficient (Wildman–Crippen LogP) is 4.38. The summed E-state index contributed by atoms with van der Waals surface area (Å²) in [5.41, 5.74) is 2.46. The van der Waals surface area contributed by atoms with Crippen LogP contribution in [0.5, 0.6) is 0 Å². The first-order chi connectivity index (χ1) is 15.2. The van der Waals surface area contributed by atoms with E-state index in [1.807, 2.05) is 19.1 Å². The van der Waals surface area contributed by atoms with Crippen molar-refractivity contribution in [2.75, 3.05) is 11.9 Å². The summed E-state index contributed by atoms with van der Waals surface area (Å²) in [5.74, 6) is -1.14. The molecule has 1 fully saturated rings. The van der Waals surface area contributed by atoms with E-state index in [4.69, 9.17) is 0 Å². The molecule has 3 aromatic rings. The van der Waals surface area contributed by atoms with E-state index in [1.165, 1.54) is 22.5 Å². The highest BCUT2D eigenvalue weighted by Gasteiger charge is 2.39. The zero-order valence-electron chi connectivity index (χ0n) is 17.9. The number of aromatic nitrogens is 2. The van der Waals surface area contributed by atoms with Crippen LogP contribution >= 0.6 is 11.3 Å². The van der Waals surface area contributed by atoms with Crippen LogP contribution in [0.1, 0.15) is 50.4 Å². The minimum atomic E-state index is -3.76. The number of anilines is 1. The molecule has 1 aliphatic heterocycles. The van der Waals surface area contributed by atoms with Crippen LogP contribution < -0.4 is 5.32 Å². The summed E-state index contributed by atoms with van der Waals surface area (Å²) in [5, 5.41) is 11.0. The molecule has 0 bridgehead atoms. The number of nitrogens with one attached hydrogen (secondary N) is 1. The van der Waals surface area contributed by atoms with Gasteiger partial charge in [-0.05, 0) is 56.9 Å². The van der Waals surface area contributed by atoms with Crippen molar-refractivity contribution >= 4 is 33.0 Å². The maximum atomic E-state index is 13.8. The van der Waals surface area contributed by atoms with Gasteiger partial charge < -0.3 is 5.32 Å². The molecule has 0 saturated carbocycles. The summed E-state index contributed by atoms with van der Waals surface area (Å²) < 4.78 is 42.4. The van der Waals surface area contributed by atoms with Gasteiger partial charge in [0.1, 0.15) is 10.8 Å². The summed E-state index contributed by atoms with van der Waals surface area (Å²) >= 11 is 1.03. The number of halogens is 1. The summed E-state index contributed by atoms with van der Waals surface area (Å²) in [6, 6.07) is 9.07. The summed E-state index contributed by atoms with van der Waals surface area (Å²) in [6.45, 7) is 5.91. The number of nitrogens with zero attached hydrogens (tertiary/aromatic N) is 3. The van der Waals surface area contributed by atoms with E-state index in [9.17, 15) is 17.6 Å². The van der Waals surface area contributed by atoms with Gasteiger partial charge >= 0.3 is 0 Å². The summed E-state index contributed by atoms with van der Waals surface area (Å²) in [7, 11) is -3.76. The average Bonchev–Trinajstić information content (AvgIpc) is 3.38. The fourth-order valence-corrected chi connectivity index (χ4v) is 7.19. The Kier molecular flexibility index (Phi) is 6.11. The standard InChI is InChI=1S/C22H23FN4O3S2/c1-13-11-14(2)19(15(3)12-13)32(29,30)27-10-6-9-18(27)21-25-26-22(31-21)20(28)24-17-8-5-4-7-16(17)23/h4-5,7-8,11-12,18H,6,9-10H2,1-3H3,(H,24,28)/t18-/m0/s1. The lowest BCUT2D eigenvalue weighted by Gasteiger charge is -2.24. The SMILES string of the molecule is Cc1cc(C)c(S(=O)(=O)N2CCC[C@H]2c2nnc(C(=O)Nc3ccccc3F)s2)c(C)c1. The second kappa shape index (κ2) is 8.68.